The highest BCUT2D eigenvalue weighted by Gasteiger charge is 2.09. The van der Waals surface area contributed by atoms with Crippen LogP contribution in [0.1, 0.15) is 16.7 Å². The summed E-state index contributed by atoms with van der Waals surface area (Å²) in [5, 5.41) is 17.1. The SMILES string of the molecule is COc1ccc(-c2cnnn2Cc2ccc(C#N)cc2)cc1C. The van der Waals surface area contributed by atoms with Gasteiger partial charge in [-0.25, -0.2) is 4.68 Å². The summed E-state index contributed by atoms with van der Waals surface area (Å²) in [6, 6.07) is 15.6. The van der Waals surface area contributed by atoms with Gasteiger partial charge in [-0.15, -0.1) is 5.10 Å². The maximum Gasteiger partial charge on any atom is 0.121 e. The molecule has 0 aliphatic rings. The second-order valence-corrected chi connectivity index (χ2v) is 5.27. The lowest BCUT2D eigenvalue weighted by atomic mass is 10.1. The summed E-state index contributed by atoms with van der Waals surface area (Å²) in [4.78, 5) is 0. The second-order valence-electron chi connectivity index (χ2n) is 5.27. The van der Waals surface area contributed by atoms with Gasteiger partial charge in [-0.2, -0.15) is 5.26 Å². The Bertz CT molecular complexity index is 859. The molecule has 0 spiro atoms. The monoisotopic (exact) mass is 304 g/mol. The Kier molecular flexibility index (Phi) is 4.07. The molecule has 5 heteroatoms. The van der Waals surface area contributed by atoms with E-state index < -0.39 is 0 Å². The fraction of sp³-hybridized carbons (Fsp3) is 0.167. The first kappa shape index (κ1) is 14.8. The molecule has 0 radical (unpaired) electrons. The van der Waals surface area contributed by atoms with Crippen molar-refractivity contribution in [3.05, 3.63) is 65.4 Å². The predicted molar refractivity (Wildman–Crippen MR) is 87.0 cm³/mol. The first-order chi connectivity index (χ1) is 11.2. The van der Waals surface area contributed by atoms with Crippen LogP contribution in [-0.4, -0.2) is 22.1 Å². The van der Waals surface area contributed by atoms with Gasteiger partial charge in [-0.3, -0.25) is 0 Å². The van der Waals surface area contributed by atoms with Crippen LogP contribution in [0.4, 0.5) is 0 Å². The molecular weight excluding hydrogens is 288 g/mol. The second kappa shape index (κ2) is 6.32. The molecular formula is C18H16N4O. The molecule has 1 heterocycles. The van der Waals surface area contributed by atoms with Crippen molar-refractivity contribution in [3.8, 4) is 23.1 Å². The zero-order chi connectivity index (χ0) is 16.2. The molecule has 0 saturated heterocycles. The molecule has 3 rings (SSSR count). The third-order valence-corrected chi connectivity index (χ3v) is 3.72. The summed E-state index contributed by atoms with van der Waals surface area (Å²) in [5.74, 6) is 0.861. The van der Waals surface area contributed by atoms with Crippen LogP contribution in [0, 0.1) is 18.3 Å². The molecule has 23 heavy (non-hydrogen) atoms. The zero-order valence-corrected chi connectivity index (χ0v) is 13.0. The van der Waals surface area contributed by atoms with Crippen molar-refractivity contribution in [2.45, 2.75) is 13.5 Å². The third-order valence-electron chi connectivity index (χ3n) is 3.72. The highest BCUT2D eigenvalue weighted by molar-refractivity contribution is 5.61. The lowest BCUT2D eigenvalue weighted by molar-refractivity contribution is 0.412. The molecule has 1 aromatic heterocycles. The zero-order valence-electron chi connectivity index (χ0n) is 13.0. The van der Waals surface area contributed by atoms with E-state index >= 15 is 0 Å². The molecule has 0 bridgehead atoms. The fourth-order valence-electron chi connectivity index (χ4n) is 2.49. The number of hydrogen-bond donors (Lipinski definition) is 0. The molecule has 0 amide bonds. The Labute approximate surface area is 134 Å². The highest BCUT2D eigenvalue weighted by atomic mass is 16.5. The maximum absolute atomic E-state index is 8.86. The van der Waals surface area contributed by atoms with E-state index in [0.717, 1.165) is 28.1 Å². The molecule has 0 aliphatic carbocycles. The van der Waals surface area contributed by atoms with E-state index in [1.807, 2.05) is 48.0 Å². The van der Waals surface area contributed by atoms with E-state index in [4.69, 9.17) is 10.00 Å². The Morgan fingerprint density at radius 1 is 1.17 bits per heavy atom. The lowest BCUT2D eigenvalue weighted by Gasteiger charge is -2.09. The smallest absolute Gasteiger partial charge is 0.121 e. The number of nitrogens with zero attached hydrogens (tertiary/aromatic N) is 4. The summed E-state index contributed by atoms with van der Waals surface area (Å²) >= 11 is 0. The molecule has 5 nitrogen and oxygen atoms in total. The topological polar surface area (TPSA) is 63.7 Å². The van der Waals surface area contributed by atoms with Gasteiger partial charge in [0.05, 0.1) is 37.2 Å². The van der Waals surface area contributed by atoms with E-state index in [1.54, 1.807) is 13.3 Å². The minimum atomic E-state index is 0.603. The predicted octanol–water partition coefficient (Wildman–Crippen LogP) is 3.18. The number of aromatic nitrogens is 3. The van der Waals surface area contributed by atoms with Crippen molar-refractivity contribution in [2.24, 2.45) is 0 Å². The van der Waals surface area contributed by atoms with Crippen molar-refractivity contribution in [1.82, 2.24) is 15.0 Å². The highest BCUT2D eigenvalue weighted by Crippen LogP contribution is 2.25. The van der Waals surface area contributed by atoms with Crippen LogP contribution in [-0.2, 0) is 6.54 Å². The molecule has 114 valence electrons. The quantitative estimate of drug-likeness (QED) is 0.742. The Morgan fingerprint density at radius 3 is 2.61 bits per heavy atom. The van der Waals surface area contributed by atoms with Gasteiger partial charge in [0.2, 0.25) is 0 Å². The molecule has 0 fully saturated rings. The molecule has 0 saturated carbocycles. The molecule has 2 aromatic carbocycles. The number of nitriles is 1. The molecule has 0 N–H and O–H groups in total. The number of benzene rings is 2. The van der Waals surface area contributed by atoms with Crippen molar-refractivity contribution in [1.29, 1.82) is 5.26 Å². The lowest BCUT2D eigenvalue weighted by Crippen LogP contribution is -2.04. The van der Waals surface area contributed by atoms with Crippen LogP contribution < -0.4 is 4.74 Å². The van der Waals surface area contributed by atoms with E-state index in [9.17, 15) is 0 Å². The van der Waals surface area contributed by atoms with Gasteiger partial charge in [0, 0.05) is 5.56 Å². The van der Waals surface area contributed by atoms with Gasteiger partial charge in [0.1, 0.15) is 5.75 Å². The Balaban J connectivity index is 1.90. The van der Waals surface area contributed by atoms with Crippen LogP contribution in [0.2, 0.25) is 0 Å². The van der Waals surface area contributed by atoms with Crippen LogP contribution in [0.25, 0.3) is 11.3 Å². The summed E-state index contributed by atoms with van der Waals surface area (Å²) in [6.07, 6.45) is 1.75. The molecule has 0 atom stereocenters. The van der Waals surface area contributed by atoms with Gasteiger partial charge >= 0.3 is 0 Å². The summed E-state index contributed by atoms with van der Waals surface area (Å²) in [5.41, 5.74) is 4.78. The average molecular weight is 304 g/mol. The van der Waals surface area contributed by atoms with Crippen molar-refractivity contribution >= 4 is 0 Å². The van der Waals surface area contributed by atoms with E-state index in [-0.39, 0.29) is 0 Å². The first-order valence-corrected chi connectivity index (χ1v) is 7.24. The number of ether oxygens (including phenoxy) is 1. The van der Waals surface area contributed by atoms with Gasteiger partial charge in [0.25, 0.3) is 0 Å². The van der Waals surface area contributed by atoms with Gasteiger partial charge in [0.15, 0.2) is 0 Å². The fourth-order valence-corrected chi connectivity index (χ4v) is 2.49. The Hall–Kier alpha value is -3.13. The summed E-state index contributed by atoms with van der Waals surface area (Å²) < 4.78 is 7.15. The van der Waals surface area contributed by atoms with Crippen molar-refractivity contribution in [3.63, 3.8) is 0 Å². The average Bonchev–Trinajstić information content (AvgIpc) is 3.03. The summed E-state index contributed by atoms with van der Waals surface area (Å²) in [6.45, 7) is 2.61. The van der Waals surface area contributed by atoms with Crippen LogP contribution in [0.3, 0.4) is 0 Å². The third kappa shape index (κ3) is 3.06. The summed E-state index contributed by atoms with van der Waals surface area (Å²) in [7, 11) is 1.67. The largest absolute Gasteiger partial charge is 0.496 e. The van der Waals surface area contributed by atoms with Crippen LogP contribution in [0.15, 0.2) is 48.7 Å². The molecule has 0 unspecified atom stereocenters. The van der Waals surface area contributed by atoms with E-state index in [1.165, 1.54) is 0 Å². The number of hydrogen-bond acceptors (Lipinski definition) is 4. The van der Waals surface area contributed by atoms with E-state index in [2.05, 4.69) is 22.4 Å². The van der Waals surface area contributed by atoms with Gasteiger partial charge < -0.3 is 4.74 Å². The maximum atomic E-state index is 8.86. The van der Waals surface area contributed by atoms with Crippen molar-refractivity contribution in [2.75, 3.05) is 7.11 Å². The first-order valence-electron chi connectivity index (χ1n) is 7.24. The number of rotatable bonds is 4. The standard InChI is InChI=1S/C18H16N4O/c1-13-9-16(7-8-18(13)23-2)17-11-20-21-22(17)12-15-5-3-14(10-19)4-6-15/h3-9,11H,12H2,1-2H3. The number of methoxy groups -OCH3 is 1. The number of aryl methyl sites for hydroxylation is 1. The molecule has 3 aromatic rings. The minimum absolute atomic E-state index is 0.603. The van der Waals surface area contributed by atoms with Gasteiger partial charge in [-0.1, -0.05) is 17.3 Å². The molecule has 0 aliphatic heterocycles. The minimum Gasteiger partial charge on any atom is -0.496 e. The normalized spacial score (nSPS) is 10.3. The van der Waals surface area contributed by atoms with Gasteiger partial charge in [-0.05, 0) is 48.4 Å². The van der Waals surface area contributed by atoms with Crippen LogP contribution >= 0.6 is 0 Å². The van der Waals surface area contributed by atoms with E-state index in [0.29, 0.717) is 12.1 Å². The van der Waals surface area contributed by atoms with Crippen LogP contribution in [0.5, 0.6) is 5.75 Å². The van der Waals surface area contributed by atoms with Crippen molar-refractivity contribution < 1.29 is 4.74 Å². The Morgan fingerprint density at radius 2 is 1.96 bits per heavy atom.